The van der Waals surface area contributed by atoms with Crippen LogP contribution in [0.4, 0.5) is 5.69 Å². The van der Waals surface area contributed by atoms with Gasteiger partial charge in [0.25, 0.3) is 5.91 Å². The van der Waals surface area contributed by atoms with Crippen LogP contribution in [0.15, 0.2) is 77.7 Å². The predicted molar refractivity (Wildman–Crippen MR) is 119 cm³/mol. The molecule has 1 atom stereocenters. The number of fused-ring (bicyclic) bond motifs is 1. The highest BCUT2D eigenvalue weighted by molar-refractivity contribution is 7.89. The molecule has 1 amide bonds. The molecule has 0 saturated carbocycles. The number of carbonyl (C=O) groups excluding carboxylic acids is 2. The van der Waals surface area contributed by atoms with Crippen LogP contribution in [0, 0.1) is 5.92 Å². The lowest BCUT2D eigenvalue weighted by Crippen LogP contribution is -2.45. The summed E-state index contributed by atoms with van der Waals surface area (Å²) in [6.07, 6.45) is 0. The molecule has 7 nitrogen and oxygen atoms in total. The van der Waals surface area contributed by atoms with Crippen molar-refractivity contribution in [1.29, 1.82) is 0 Å². The quantitative estimate of drug-likeness (QED) is 0.523. The highest BCUT2D eigenvalue weighted by Crippen LogP contribution is 2.19. The summed E-state index contributed by atoms with van der Waals surface area (Å²) in [5.41, 5.74) is 0.574. The van der Waals surface area contributed by atoms with Crippen LogP contribution in [0.1, 0.15) is 13.8 Å². The third-order valence-electron chi connectivity index (χ3n) is 4.63. The minimum atomic E-state index is -3.91. The summed E-state index contributed by atoms with van der Waals surface area (Å²) >= 11 is 0. The van der Waals surface area contributed by atoms with Crippen LogP contribution in [0.2, 0.25) is 0 Å². The molecule has 3 rings (SSSR count). The largest absolute Gasteiger partial charge is 0.454 e. The number of sulfonamides is 1. The lowest BCUT2D eigenvalue weighted by molar-refractivity contribution is -0.150. The van der Waals surface area contributed by atoms with E-state index < -0.39 is 34.5 Å². The van der Waals surface area contributed by atoms with Gasteiger partial charge in [0.05, 0.1) is 4.90 Å². The van der Waals surface area contributed by atoms with Crippen molar-refractivity contribution in [3.05, 3.63) is 72.8 Å². The third kappa shape index (κ3) is 5.90. The molecule has 31 heavy (non-hydrogen) atoms. The second-order valence-corrected chi connectivity index (χ2v) is 9.09. The molecule has 3 aromatic carbocycles. The van der Waals surface area contributed by atoms with Gasteiger partial charge in [0.15, 0.2) is 6.61 Å². The van der Waals surface area contributed by atoms with Crippen LogP contribution in [-0.2, 0) is 24.3 Å². The Morgan fingerprint density at radius 1 is 0.903 bits per heavy atom. The molecule has 0 aromatic heterocycles. The highest BCUT2D eigenvalue weighted by Gasteiger charge is 2.30. The Labute approximate surface area is 181 Å². The van der Waals surface area contributed by atoms with Gasteiger partial charge in [-0.2, -0.15) is 4.72 Å². The molecular formula is C23H24N2O5S. The smallest absolute Gasteiger partial charge is 0.324 e. The summed E-state index contributed by atoms with van der Waals surface area (Å²) in [6, 6.07) is 19.8. The normalized spacial score (nSPS) is 12.5. The van der Waals surface area contributed by atoms with Gasteiger partial charge in [-0.15, -0.1) is 0 Å². The van der Waals surface area contributed by atoms with Crippen molar-refractivity contribution >= 4 is 38.4 Å². The topological polar surface area (TPSA) is 102 Å². The summed E-state index contributed by atoms with van der Waals surface area (Å²) < 4.78 is 32.5. The van der Waals surface area contributed by atoms with Crippen molar-refractivity contribution in [1.82, 2.24) is 4.72 Å². The number of hydrogen-bond acceptors (Lipinski definition) is 5. The van der Waals surface area contributed by atoms with Gasteiger partial charge in [-0.3, -0.25) is 9.59 Å². The van der Waals surface area contributed by atoms with Gasteiger partial charge in [-0.25, -0.2) is 8.42 Å². The lowest BCUT2D eigenvalue weighted by atomic mass is 10.1. The van der Waals surface area contributed by atoms with E-state index in [1.807, 2.05) is 36.4 Å². The zero-order valence-electron chi connectivity index (χ0n) is 17.2. The Morgan fingerprint density at radius 2 is 1.55 bits per heavy atom. The average Bonchev–Trinajstić information content (AvgIpc) is 2.76. The molecular weight excluding hydrogens is 416 g/mol. The predicted octanol–water partition coefficient (Wildman–Crippen LogP) is 3.32. The Bertz CT molecular complexity index is 1180. The molecule has 3 aromatic rings. The van der Waals surface area contributed by atoms with Gasteiger partial charge in [0.1, 0.15) is 6.04 Å². The molecule has 8 heteroatoms. The first kappa shape index (κ1) is 22.5. The Balaban J connectivity index is 1.60. The number of ether oxygens (including phenoxy) is 1. The van der Waals surface area contributed by atoms with Gasteiger partial charge >= 0.3 is 5.97 Å². The maximum absolute atomic E-state index is 12.5. The summed E-state index contributed by atoms with van der Waals surface area (Å²) in [4.78, 5) is 24.8. The number of nitrogens with one attached hydrogen (secondary N) is 2. The Hall–Kier alpha value is -3.23. The second-order valence-electron chi connectivity index (χ2n) is 7.37. The first-order valence-corrected chi connectivity index (χ1v) is 11.3. The van der Waals surface area contributed by atoms with Gasteiger partial charge in [-0.05, 0) is 41.0 Å². The molecule has 0 bridgehead atoms. The van der Waals surface area contributed by atoms with Crippen molar-refractivity contribution in [3.63, 3.8) is 0 Å². The molecule has 0 fully saturated rings. The van der Waals surface area contributed by atoms with Crippen LogP contribution in [0.25, 0.3) is 10.8 Å². The van der Waals surface area contributed by atoms with E-state index in [0.717, 1.165) is 10.8 Å². The zero-order valence-corrected chi connectivity index (χ0v) is 18.1. The molecule has 0 aliphatic heterocycles. The van der Waals surface area contributed by atoms with Crippen molar-refractivity contribution < 1.29 is 22.7 Å². The van der Waals surface area contributed by atoms with Crippen molar-refractivity contribution in [3.8, 4) is 0 Å². The Kier molecular flexibility index (Phi) is 7.04. The molecule has 2 N–H and O–H groups in total. The fraction of sp³-hybridized carbons (Fsp3) is 0.217. The van der Waals surface area contributed by atoms with E-state index in [1.165, 1.54) is 12.1 Å². The summed E-state index contributed by atoms with van der Waals surface area (Å²) in [6.45, 7) is 2.85. The number of amides is 1. The van der Waals surface area contributed by atoms with Gasteiger partial charge in [-0.1, -0.05) is 62.4 Å². The van der Waals surface area contributed by atoms with Gasteiger partial charge in [0, 0.05) is 5.69 Å². The maximum Gasteiger partial charge on any atom is 0.324 e. The van der Waals surface area contributed by atoms with E-state index in [0.29, 0.717) is 5.69 Å². The number of rotatable bonds is 8. The molecule has 0 aliphatic carbocycles. The molecule has 0 unspecified atom stereocenters. The monoisotopic (exact) mass is 440 g/mol. The molecule has 0 heterocycles. The fourth-order valence-electron chi connectivity index (χ4n) is 2.98. The molecule has 162 valence electrons. The van der Waals surface area contributed by atoms with Crippen LogP contribution in [0.5, 0.6) is 0 Å². The molecule has 0 radical (unpaired) electrons. The maximum atomic E-state index is 12.5. The van der Waals surface area contributed by atoms with Crippen molar-refractivity contribution in [2.24, 2.45) is 5.92 Å². The first-order valence-electron chi connectivity index (χ1n) is 9.79. The van der Waals surface area contributed by atoms with Crippen LogP contribution in [-0.4, -0.2) is 32.9 Å². The van der Waals surface area contributed by atoms with E-state index in [4.69, 9.17) is 4.74 Å². The minimum Gasteiger partial charge on any atom is -0.454 e. The van der Waals surface area contributed by atoms with Crippen molar-refractivity contribution in [2.45, 2.75) is 24.8 Å². The third-order valence-corrected chi connectivity index (χ3v) is 6.09. The number of hydrogen-bond donors (Lipinski definition) is 2. The van der Waals surface area contributed by atoms with E-state index in [-0.39, 0.29) is 10.8 Å². The SMILES string of the molecule is CC(C)[C@@H](NS(=O)(=O)c1ccccc1)C(=O)OCC(=O)Nc1ccc2ccccc2c1. The lowest BCUT2D eigenvalue weighted by Gasteiger charge is -2.20. The molecule has 0 saturated heterocycles. The number of carbonyl (C=O) groups is 2. The van der Waals surface area contributed by atoms with Crippen molar-refractivity contribution in [2.75, 3.05) is 11.9 Å². The summed E-state index contributed by atoms with van der Waals surface area (Å²) in [5.74, 6) is -1.71. The van der Waals surface area contributed by atoms with Crippen LogP contribution >= 0.6 is 0 Å². The number of benzene rings is 3. The zero-order chi connectivity index (χ0) is 22.4. The van der Waals surface area contributed by atoms with Crippen LogP contribution in [0.3, 0.4) is 0 Å². The van der Waals surface area contributed by atoms with Gasteiger partial charge < -0.3 is 10.1 Å². The van der Waals surface area contributed by atoms with E-state index >= 15 is 0 Å². The first-order chi connectivity index (χ1) is 14.8. The highest BCUT2D eigenvalue weighted by atomic mass is 32.2. The summed E-state index contributed by atoms with van der Waals surface area (Å²) in [7, 11) is -3.91. The fourth-order valence-corrected chi connectivity index (χ4v) is 4.34. The van der Waals surface area contributed by atoms with Crippen LogP contribution < -0.4 is 10.0 Å². The number of esters is 1. The second kappa shape index (κ2) is 9.72. The van der Waals surface area contributed by atoms with Gasteiger partial charge in [0.2, 0.25) is 10.0 Å². The molecule has 0 aliphatic rings. The Morgan fingerprint density at radius 3 is 2.23 bits per heavy atom. The summed E-state index contributed by atoms with van der Waals surface area (Å²) in [5, 5.41) is 4.68. The number of anilines is 1. The average molecular weight is 441 g/mol. The van der Waals surface area contributed by atoms with E-state index in [2.05, 4.69) is 10.0 Å². The minimum absolute atomic E-state index is 0.0440. The van der Waals surface area contributed by atoms with E-state index in [9.17, 15) is 18.0 Å². The van der Waals surface area contributed by atoms with E-state index in [1.54, 1.807) is 38.1 Å². The standard InChI is InChI=1S/C23H24N2O5S/c1-16(2)22(25-31(28,29)20-10-4-3-5-11-20)23(27)30-15-21(26)24-19-13-12-17-8-6-7-9-18(17)14-19/h3-14,16,22,25H,15H2,1-2H3,(H,24,26)/t22-/m1/s1. The molecule has 0 spiro atoms.